The summed E-state index contributed by atoms with van der Waals surface area (Å²) in [5.74, 6) is 0.0306. The maximum Gasteiger partial charge on any atom is 0.408 e. The topological polar surface area (TPSA) is 74.8 Å². The number of rotatable bonds is 4. The van der Waals surface area contributed by atoms with Gasteiger partial charge in [0.2, 0.25) is 0 Å². The first-order chi connectivity index (χ1) is 15.7. The molecule has 1 fully saturated rings. The lowest BCUT2D eigenvalue weighted by Crippen LogP contribution is -2.45. The zero-order chi connectivity index (χ0) is 23.6. The largest absolute Gasteiger partial charge is 0.444 e. The Hall–Kier alpha value is -3.09. The minimum atomic E-state index is -0.543. The van der Waals surface area contributed by atoms with E-state index in [-0.39, 0.29) is 18.0 Å². The first-order valence-electron chi connectivity index (χ1n) is 11.8. The highest BCUT2D eigenvalue weighted by Gasteiger charge is 2.30. The predicted molar refractivity (Wildman–Crippen MR) is 128 cm³/mol. The van der Waals surface area contributed by atoms with Gasteiger partial charge >= 0.3 is 6.09 Å². The number of hydrogen-bond donors (Lipinski definition) is 1. The van der Waals surface area contributed by atoms with E-state index in [0.717, 1.165) is 44.3 Å². The highest BCUT2D eigenvalue weighted by Crippen LogP contribution is 2.33. The van der Waals surface area contributed by atoms with E-state index >= 15 is 0 Å². The summed E-state index contributed by atoms with van der Waals surface area (Å²) < 4.78 is 5.42. The molecule has 176 valence electrons. The molecule has 1 N–H and O–H groups in total. The van der Waals surface area contributed by atoms with Crippen LogP contribution in [0.25, 0.3) is 0 Å². The van der Waals surface area contributed by atoms with Crippen molar-refractivity contribution in [3.05, 3.63) is 59.4 Å². The van der Waals surface area contributed by atoms with Crippen molar-refractivity contribution in [1.29, 1.82) is 0 Å². The summed E-state index contributed by atoms with van der Waals surface area (Å²) >= 11 is 0. The molecule has 0 saturated carbocycles. The van der Waals surface area contributed by atoms with Gasteiger partial charge in [-0.15, -0.1) is 0 Å². The fourth-order valence-corrected chi connectivity index (χ4v) is 4.77. The van der Waals surface area contributed by atoms with Crippen LogP contribution in [-0.4, -0.2) is 53.7 Å². The molecule has 1 unspecified atom stereocenters. The smallest absolute Gasteiger partial charge is 0.408 e. The average Bonchev–Trinajstić information content (AvgIpc) is 3.19. The third kappa shape index (κ3) is 5.46. The molecular formula is C26H34N4O3. The van der Waals surface area contributed by atoms with Crippen molar-refractivity contribution >= 4 is 17.7 Å². The summed E-state index contributed by atoms with van der Waals surface area (Å²) in [4.78, 5) is 33.9. The van der Waals surface area contributed by atoms with Gasteiger partial charge in [0.25, 0.3) is 5.91 Å². The van der Waals surface area contributed by atoms with Gasteiger partial charge in [-0.25, -0.2) is 4.79 Å². The van der Waals surface area contributed by atoms with E-state index in [9.17, 15) is 9.59 Å². The summed E-state index contributed by atoms with van der Waals surface area (Å²) in [6.07, 6.45) is 6.76. The second-order valence-corrected chi connectivity index (χ2v) is 9.99. The number of amides is 2. The van der Waals surface area contributed by atoms with Crippen molar-refractivity contribution in [2.45, 2.75) is 64.1 Å². The number of alkyl carbamates (subject to hydrolysis) is 1. The third-order valence-corrected chi connectivity index (χ3v) is 6.52. The first kappa shape index (κ1) is 23.1. The minimum Gasteiger partial charge on any atom is -0.444 e. The second kappa shape index (κ2) is 9.41. The van der Waals surface area contributed by atoms with Crippen LogP contribution in [0.4, 0.5) is 10.5 Å². The van der Waals surface area contributed by atoms with Crippen molar-refractivity contribution in [2.24, 2.45) is 0 Å². The van der Waals surface area contributed by atoms with E-state index in [1.165, 1.54) is 11.3 Å². The van der Waals surface area contributed by atoms with E-state index in [4.69, 9.17) is 4.74 Å². The molecule has 33 heavy (non-hydrogen) atoms. The van der Waals surface area contributed by atoms with Gasteiger partial charge in [0.1, 0.15) is 5.60 Å². The second-order valence-electron chi connectivity index (χ2n) is 9.99. The molecule has 7 nitrogen and oxygen atoms in total. The quantitative estimate of drug-likeness (QED) is 0.750. The minimum absolute atomic E-state index is 0.0306. The van der Waals surface area contributed by atoms with Crippen molar-refractivity contribution in [1.82, 2.24) is 15.2 Å². The SMILES string of the molecule is CN(C(=O)c1ccc2c(c1)C(NC(=O)OC(C)(C)C)CC2)C1CCN(c2ccncc2)CC1. The van der Waals surface area contributed by atoms with Crippen LogP contribution in [0.15, 0.2) is 42.7 Å². The molecule has 7 heteroatoms. The average molecular weight is 451 g/mol. The predicted octanol–water partition coefficient (Wildman–Crippen LogP) is 4.33. The molecule has 1 aromatic heterocycles. The van der Waals surface area contributed by atoms with Gasteiger partial charge < -0.3 is 19.9 Å². The Kier molecular flexibility index (Phi) is 6.58. The summed E-state index contributed by atoms with van der Waals surface area (Å²) in [7, 11) is 1.90. The molecule has 1 aromatic carbocycles. The number of carbonyl (C=O) groups excluding carboxylic acids is 2. The number of nitrogens with one attached hydrogen (secondary N) is 1. The molecule has 4 rings (SSSR count). The molecular weight excluding hydrogens is 416 g/mol. The number of hydrogen-bond acceptors (Lipinski definition) is 5. The molecule has 1 saturated heterocycles. The standard InChI is InChI=1S/C26H34N4O3/c1-26(2,3)33-25(32)28-23-8-7-18-5-6-19(17-22(18)23)24(31)29(4)20-11-15-30(16-12-20)21-9-13-27-14-10-21/h5-6,9-10,13-14,17,20,23H,7-8,11-12,15-16H2,1-4H3,(H,28,32). The lowest BCUT2D eigenvalue weighted by atomic mass is 10.00. The van der Waals surface area contributed by atoms with E-state index in [0.29, 0.717) is 5.56 Å². The third-order valence-electron chi connectivity index (χ3n) is 6.52. The lowest BCUT2D eigenvalue weighted by molar-refractivity contribution is 0.0503. The number of fused-ring (bicyclic) bond motifs is 1. The summed E-state index contributed by atoms with van der Waals surface area (Å²) in [5, 5.41) is 2.97. The molecule has 0 radical (unpaired) electrons. The normalized spacial score (nSPS) is 18.5. The Morgan fingerprint density at radius 1 is 1.09 bits per heavy atom. The van der Waals surface area contributed by atoms with Crippen LogP contribution < -0.4 is 10.2 Å². The van der Waals surface area contributed by atoms with E-state index in [1.54, 1.807) is 0 Å². The van der Waals surface area contributed by atoms with Crippen LogP contribution >= 0.6 is 0 Å². The Balaban J connectivity index is 1.39. The number of aryl methyl sites for hydroxylation is 1. The van der Waals surface area contributed by atoms with E-state index in [1.807, 2.05) is 75.4 Å². The number of carbonyl (C=O) groups is 2. The van der Waals surface area contributed by atoms with Gasteiger partial charge in [-0.1, -0.05) is 6.07 Å². The molecule has 2 aliphatic rings. The zero-order valence-corrected chi connectivity index (χ0v) is 20.0. The maximum absolute atomic E-state index is 13.3. The number of pyridine rings is 1. The van der Waals surface area contributed by atoms with Gasteiger partial charge in [0.05, 0.1) is 6.04 Å². The molecule has 2 heterocycles. The van der Waals surface area contributed by atoms with Crippen molar-refractivity contribution in [3.63, 3.8) is 0 Å². The van der Waals surface area contributed by atoms with Gasteiger partial charge in [0, 0.05) is 49.8 Å². The number of piperidine rings is 1. The summed E-state index contributed by atoms with van der Waals surface area (Å²) in [6, 6.07) is 10.0. The Morgan fingerprint density at radius 3 is 2.45 bits per heavy atom. The monoisotopic (exact) mass is 450 g/mol. The van der Waals surface area contributed by atoms with Crippen LogP contribution in [0.1, 0.15) is 67.6 Å². The first-order valence-corrected chi connectivity index (χ1v) is 11.8. The molecule has 0 bridgehead atoms. The summed E-state index contributed by atoms with van der Waals surface area (Å²) in [6.45, 7) is 7.38. The van der Waals surface area contributed by atoms with Crippen LogP contribution in [0.2, 0.25) is 0 Å². The van der Waals surface area contributed by atoms with Crippen molar-refractivity contribution in [3.8, 4) is 0 Å². The van der Waals surface area contributed by atoms with E-state index in [2.05, 4.69) is 15.2 Å². The highest BCUT2D eigenvalue weighted by molar-refractivity contribution is 5.94. The fourth-order valence-electron chi connectivity index (χ4n) is 4.77. The number of aromatic nitrogens is 1. The van der Waals surface area contributed by atoms with Crippen LogP contribution in [0, 0.1) is 0 Å². The van der Waals surface area contributed by atoms with Gasteiger partial charge in [0.15, 0.2) is 0 Å². The lowest BCUT2D eigenvalue weighted by Gasteiger charge is -2.38. The number of anilines is 1. The van der Waals surface area contributed by atoms with Crippen LogP contribution in [0.5, 0.6) is 0 Å². The van der Waals surface area contributed by atoms with Gasteiger partial charge in [-0.05, 0) is 81.8 Å². The maximum atomic E-state index is 13.3. The van der Waals surface area contributed by atoms with Crippen molar-refractivity contribution < 1.29 is 14.3 Å². The zero-order valence-electron chi connectivity index (χ0n) is 20.0. The molecule has 1 atom stereocenters. The Morgan fingerprint density at radius 2 is 1.79 bits per heavy atom. The molecule has 1 aliphatic carbocycles. The Bertz CT molecular complexity index is 994. The molecule has 0 spiro atoms. The molecule has 2 amide bonds. The summed E-state index contributed by atoms with van der Waals surface area (Å²) in [5.41, 5.74) is 3.51. The molecule has 1 aliphatic heterocycles. The number of nitrogens with zero attached hydrogens (tertiary/aromatic N) is 3. The van der Waals surface area contributed by atoms with E-state index < -0.39 is 11.7 Å². The number of benzene rings is 1. The van der Waals surface area contributed by atoms with Gasteiger partial charge in [-0.3, -0.25) is 9.78 Å². The van der Waals surface area contributed by atoms with Crippen LogP contribution in [0.3, 0.4) is 0 Å². The highest BCUT2D eigenvalue weighted by atomic mass is 16.6. The van der Waals surface area contributed by atoms with Crippen LogP contribution in [-0.2, 0) is 11.2 Å². The van der Waals surface area contributed by atoms with Gasteiger partial charge in [-0.2, -0.15) is 0 Å². The van der Waals surface area contributed by atoms with Crippen molar-refractivity contribution in [2.75, 3.05) is 25.0 Å². The number of ether oxygens (including phenoxy) is 1. The fraction of sp³-hybridized carbons (Fsp3) is 0.500. The molecule has 2 aromatic rings. The Labute approximate surface area is 196 Å².